The molecule has 88 valence electrons. The number of nitrogens with zero attached hydrogens (tertiary/aromatic N) is 1. The van der Waals surface area contributed by atoms with Gasteiger partial charge in [-0.2, -0.15) is 0 Å². The van der Waals surface area contributed by atoms with E-state index in [1.54, 1.807) is 18.2 Å². The Morgan fingerprint density at radius 2 is 1.88 bits per heavy atom. The number of fused-ring (bicyclic) bond motifs is 1. The zero-order valence-corrected chi connectivity index (χ0v) is 9.30. The van der Waals surface area contributed by atoms with Crippen LogP contribution in [0.4, 0.5) is 9.18 Å². The lowest BCUT2D eigenvalue weighted by molar-refractivity contribution is 0.0896. The van der Waals surface area contributed by atoms with Crippen molar-refractivity contribution in [3.8, 4) is 0 Å². The van der Waals surface area contributed by atoms with E-state index in [4.69, 9.17) is 5.11 Å². The number of alkyl halides is 1. The molecule has 2 aromatic carbocycles. The lowest BCUT2D eigenvalue weighted by Crippen LogP contribution is -2.27. The number of rotatable bonds is 2. The van der Waals surface area contributed by atoms with E-state index < -0.39 is 12.4 Å². The van der Waals surface area contributed by atoms with E-state index in [-0.39, 0.29) is 0 Å². The summed E-state index contributed by atoms with van der Waals surface area (Å²) in [6, 6.07) is 12.6. The van der Waals surface area contributed by atoms with E-state index in [0.717, 1.165) is 10.8 Å². The van der Waals surface area contributed by atoms with Gasteiger partial charge in [0.15, 0.2) is 0 Å². The minimum Gasteiger partial charge on any atom is -0.465 e. The summed E-state index contributed by atoms with van der Waals surface area (Å²) in [5.74, 6) is 0. The summed E-state index contributed by atoms with van der Waals surface area (Å²) in [6.45, 7) is 0. The van der Waals surface area contributed by atoms with Crippen LogP contribution in [0.25, 0.3) is 10.8 Å². The van der Waals surface area contributed by atoms with Gasteiger partial charge in [0.1, 0.15) is 0 Å². The van der Waals surface area contributed by atoms with Gasteiger partial charge in [-0.3, -0.25) is 4.90 Å². The summed E-state index contributed by atoms with van der Waals surface area (Å²) in [5, 5.41) is 10.6. The smallest absolute Gasteiger partial charge is 0.409 e. The number of hydrogen-bond acceptors (Lipinski definition) is 1. The monoisotopic (exact) mass is 233 g/mol. The van der Waals surface area contributed by atoms with Crippen LogP contribution in [0.2, 0.25) is 0 Å². The van der Waals surface area contributed by atoms with Gasteiger partial charge < -0.3 is 5.11 Å². The third-order valence-electron chi connectivity index (χ3n) is 2.69. The fourth-order valence-electron chi connectivity index (χ4n) is 1.68. The van der Waals surface area contributed by atoms with Crippen molar-refractivity contribution in [2.75, 3.05) is 7.05 Å². The van der Waals surface area contributed by atoms with Crippen LogP contribution >= 0.6 is 0 Å². The molecule has 0 spiro atoms. The minimum absolute atomic E-state index is 0.341. The topological polar surface area (TPSA) is 40.5 Å². The second kappa shape index (κ2) is 4.41. The molecule has 2 aromatic rings. The second-order valence-electron chi connectivity index (χ2n) is 3.84. The van der Waals surface area contributed by atoms with Crippen molar-refractivity contribution >= 4 is 16.9 Å². The first kappa shape index (κ1) is 11.4. The van der Waals surface area contributed by atoms with E-state index in [1.807, 2.05) is 24.3 Å². The molecule has 1 amide bonds. The maximum atomic E-state index is 13.9. The normalized spacial score (nSPS) is 12.4. The highest BCUT2D eigenvalue weighted by molar-refractivity contribution is 5.83. The molecule has 1 N–H and O–H groups in total. The molecule has 0 radical (unpaired) electrons. The zero-order chi connectivity index (χ0) is 12.4. The molecule has 1 atom stereocenters. The summed E-state index contributed by atoms with van der Waals surface area (Å²) < 4.78 is 13.9. The van der Waals surface area contributed by atoms with Gasteiger partial charge in [0, 0.05) is 12.6 Å². The quantitative estimate of drug-likeness (QED) is 0.807. The van der Waals surface area contributed by atoms with Gasteiger partial charge in [-0.05, 0) is 16.8 Å². The Morgan fingerprint density at radius 1 is 1.24 bits per heavy atom. The molecule has 17 heavy (non-hydrogen) atoms. The summed E-state index contributed by atoms with van der Waals surface area (Å²) in [4.78, 5) is 11.3. The van der Waals surface area contributed by atoms with Crippen LogP contribution in [0.5, 0.6) is 0 Å². The van der Waals surface area contributed by atoms with Crippen LogP contribution in [-0.4, -0.2) is 23.1 Å². The average Bonchev–Trinajstić information content (AvgIpc) is 2.36. The zero-order valence-electron chi connectivity index (χ0n) is 9.30. The fourth-order valence-corrected chi connectivity index (χ4v) is 1.68. The van der Waals surface area contributed by atoms with E-state index in [2.05, 4.69) is 0 Å². The Kier molecular flexibility index (Phi) is 2.95. The highest BCUT2D eigenvalue weighted by atomic mass is 19.1. The number of carbonyl (C=O) groups is 1. The van der Waals surface area contributed by atoms with Gasteiger partial charge in [0.25, 0.3) is 0 Å². The lowest BCUT2D eigenvalue weighted by Gasteiger charge is -2.18. The molecule has 0 aliphatic rings. The first-order chi connectivity index (χ1) is 8.09. The van der Waals surface area contributed by atoms with Crippen LogP contribution in [0.3, 0.4) is 0 Å². The standard InChI is InChI=1S/C13H12FNO2/c1-15(13(16)17)12(14)11-7-6-9-4-2-3-5-10(9)8-11/h2-8,12H,1H3,(H,16,17). The van der Waals surface area contributed by atoms with Crippen molar-refractivity contribution in [1.29, 1.82) is 0 Å². The van der Waals surface area contributed by atoms with E-state index in [9.17, 15) is 9.18 Å². The van der Waals surface area contributed by atoms with Crippen LogP contribution in [-0.2, 0) is 0 Å². The van der Waals surface area contributed by atoms with Gasteiger partial charge in [-0.1, -0.05) is 36.4 Å². The summed E-state index contributed by atoms with van der Waals surface area (Å²) >= 11 is 0. The Morgan fingerprint density at radius 3 is 2.53 bits per heavy atom. The van der Waals surface area contributed by atoms with Crippen LogP contribution < -0.4 is 0 Å². The largest absolute Gasteiger partial charge is 0.465 e. The molecule has 2 rings (SSSR count). The maximum absolute atomic E-state index is 13.9. The summed E-state index contributed by atoms with van der Waals surface area (Å²) in [5.41, 5.74) is 0.341. The van der Waals surface area contributed by atoms with Crippen LogP contribution in [0.1, 0.15) is 11.9 Å². The molecule has 0 saturated heterocycles. The van der Waals surface area contributed by atoms with Crippen molar-refractivity contribution in [1.82, 2.24) is 4.90 Å². The van der Waals surface area contributed by atoms with Crippen molar-refractivity contribution < 1.29 is 14.3 Å². The predicted octanol–water partition coefficient (Wildman–Crippen LogP) is 3.42. The Labute approximate surface area is 98.1 Å². The average molecular weight is 233 g/mol. The fraction of sp³-hybridized carbons (Fsp3) is 0.154. The van der Waals surface area contributed by atoms with Crippen LogP contribution in [0, 0.1) is 0 Å². The van der Waals surface area contributed by atoms with Gasteiger partial charge in [-0.15, -0.1) is 0 Å². The molecule has 0 aromatic heterocycles. The van der Waals surface area contributed by atoms with Crippen molar-refractivity contribution in [2.24, 2.45) is 0 Å². The first-order valence-corrected chi connectivity index (χ1v) is 5.18. The molecule has 0 heterocycles. The maximum Gasteiger partial charge on any atom is 0.409 e. The van der Waals surface area contributed by atoms with Crippen LogP contribution in [0.15, 0.2) is 42.5 Å². The molecule has 3 nitrogen and oxygen atoms in total. The minimum atomic E-state index is -1.64. The molecule has 1 unspecified atom stereocenters. The Hall–Kier alpha value is -2.10. The third-order valence-corrected chi connectivity index (χ3v) is 2.69. The van der Waals surface area contributed by atoms with Gasteiger partial charge in [0.2, 0.25) is 6.30 Å². The second-order valence-corrected chi connectivity index (χ2v) is 3.84. The Balaban J connectivity index is 2.39. The number of amides is 1. The molecule has 0 saturated carbocycles. The highest BCUT2D eigenvalue weighted by Gasteiger charge is 2.20. The molecular weight excluding hydrogens is 221 g/mol. The first-order valence-electron chi connectivity index (χ1n) is 5.18. The summed E-state index contributed by atoms with van der Waals surface area (Å²) in [7, 11) is 1.21. The molecule has 4 heteroatoms. The van der Waals surface area contributed by atoms with E-state index >= 15 is 0 Å². The highest BCUT2D eigenvalue weighted by Crippen LogP contribution is 2.24. The molecule has 0 bridgehead atoms. The van der Waals surface area contributed by atoms with Gasteiger partial charge >= 0.3 is 6.09 Å². The van der Waals surface area contributed by atoms with E-state index in [0.29, 0.717) is 10.5 Å². The van der Waals surface area contributed by atoms with Crippen molar-refractivity contribution in [3.63, 3.8) is 0 Å². The number of benzene rings is 2. The van der Waals surface area contributed by atoms with Crippen molar-refractivity contribution in [2.45, 2.75) is 6.30 Å². The third kappa shape index (κ3) is 2.20. The van der Waals surface area contributed by atoms with Crippen molar-refractivity contribution in [3.05, 3.63) is 48.0 Å². The lowest BCUT2D eigenvalue weighted by atomic mass is 10.1. The number of halogens is 1. The SMILES string of the molecule is CN(C(=O)O)C(F)c1ccc2ccccc2c1. The molecule has 0 fully saturated rings. The predicted molar refractivity (Wildman–Crippen MR) is 63.6 cm³/mol. The molecule has 0 aliphatic carbocycles. The molecule has 0 aliphatic heterocycles. The Bertz CT molecular complexity index is 556. The number of hydrogen-bond donors (Lipinski definition) is 1. The van der Waals surface area contributed by atoms with E-state index in [1.165, 1.54) is 7.05 Å². The molecular formula is C13H12FNO2. The number of carboxylic acid groups (broad SMARTS) is 1. The van der Waals surface area contributed by atoms with Gasteiger partial charge in [-0.25, -0.2) is 9.18 Å². The van der Waals surface area contributed by atoms with Gasteiger partial charge in [0.05, 0.1) is 0 Å². The summed E-state index contributed by atoms with van der Waals surface area (Å²) in [6.07, 6.45) is -2.93.